The highest BCUT2D eigenvalue weighted by molar-refractivity contribution is 5.96. The monoisotopic (exact) mass is 377 g/mol. The number of rotatable bonds is 7. The Bertz CT molecular complexity index is 945. The van der Waals surface area contributed by atoms with Gasteiger partial charge in [-0.1, -0.05) is 48.5 Å². The number of nitrogens with zero attached hydrogens (tertiary/aromatic N) is 1. The Morgan fingerprint density at radius 2 is 1.86 bits per heavy atom. The second-order valence-electron chi connectivity index (χ2n) is 7.17. The van der Waals surface area contributed by atoms with Crippen molar-refractivity contribution >= 4 is 22.8 Å². The van der Waals surface area contributed by atoms with E-state index in [-0.39, 0.29) is 23.7 Å². The summed E-state index contributed by atoms with van der Waals surface area (Å²) in [6, 6.07) is 19.2. The highest BCUT2D eigenvalue weighted by atomic mass is 16.5. The van der Waals surface area contributed by atoms with Crippen molar-refractivity contribution in [3.8, 4) is 0 Å². The average molecular weight is 377 g/mol. The van der Waals surface area contributed by atoms with Crippen LogP contribution >= 0.6 is 0 Å². The SMILES string of the molecule is CCOC(=O)[C@H]1C[C@H]1CN(Cc1ccccc1)C(=O)c1cc2ccccc2o1. The molecule has 1 amide bonds. The number of hydrogen-bond acceptors (Lipinski definition) is 4. The molecule has 4 rings (SSSR count). The van der Waals surface area contributed by atoms with E-state index in [1.165, 1.54) is 0 Å². The molecule has 3 aromatic rings. The number of fused-ring (bicyclic) bond motifs is 1. The number of esters is 1. The summed E-state index contributed by atoms with van der Waals surface area (Å²) in [4.78, 5) is 26.9. The Morgan fingerprint density at radius 3 is 2.61 bits per heavy atom. The largest absolute Gasteiger partial charge is 0.466 e. The quantitative estimate of drug-likeness (QED) is 0.577. The molecule has 5 heteroatoms. The molecule has 1 fully saturated rings. The lowest BCUT2D eigenvalue weighted by molar-refractivity contribution is -0.145. The van der Waals surface area contributed by atoms with E-state index in [1.54, 1.807) is 11.0 Å². The van der Waals surface area contributed by atoms with Crippen molar-refractivity contribution in [2.45, 2.75) is 19.9 Å². The molecule has 0 unspecified atom stereocenters. The highest BCUT2D eigenvalue weighted by Gasteiger charge is 2.45. The van der Waals surface area contributed by atoms with Crippen LogP contribution in [0.15, 0.2) is 65.1 Å². The molecule has 1 aliphatic carbocycles. The lowest BCUT2D eigenvalue weighted by atomic mass is 10.2. The van der Waals surface area contributed by atoms with Gasteiger partial charge < -0.3 is 14.1 Å². The van der Waals surface area contributed by atoms with Crippen LogP contribution in [0.4, 0.5) is 0 Å². The van der Waals surface area contributed by atoms with Gasteiger partial charge in [-0.05, 0) is 37.0 Å². The van der Waals surface area contributed by atoms with Gasteiger partial charge >= 0.3 is 5.97 Å². The molecule has 1 saturated carbocycles. The summed E-state index contributed by atoms with van der Waals surface area (Å²) >= 11 is 0. The van der Waals surface area contributed by atoms with Crippen LogP contribution in [0.3, 0.4) is 0 Å². The zero-order chi connectivity index (χ0) is 19.5. The van der Waals surface area contributed by atoms with Crippen LogP contribution in [-0.4, -0.2) is 29.9 Å². The maximum Gasteiger partial charge on any atom is 0.309 e. The Morgan fingerprint density at radius 1 is 1.11 bits per heavy atom. The number of carbonyl (C=O) groups is 2. The fraction of sp³-hybridized carbons (Fsp3) is 0.304. The van der Waals surface area contributed by atoms with Gasteiger partial charge in [0.15, 0.2) is 5.76 Å². The van der Waals surface area contributed by atoms with Crippen molar-refractivity contribution in [3.05, 3.63) is 72.0 Å². The van der Waals surface area contributed by atoms with Gasteiger partial charge in [0.1, 0.15) is 5.58 Å². The van der Waals surface area contributed by atoms with Crippen LogP contribution in [0.2, 0.25) is 0 Å². The third kappa shape index (κ3) is 3.93. The minimum Gasteiger partial charge on any atom is -0.466 e. The van der Waals surface area contributed by atoms with Crippen molar-refractivity contribution < 1.29 is 18.7 Å². The first-order chi connectivity index (χ1) is 13.7. The van der Waals surface area contributed by atoms with Crippen LogP contribution in [-0.2, 0) is 16.1 Å². The number of hydrogen-bond donors (Lipinski definition) is 0. The smallest absolute Gasteiger partial charge is 0.309 e. The van der Waals surface area contributed by atoms with E-state index in [1.807, 2.05) is 61.5 Å². The van der Waals surface area contributed by atoms with Gasteiger partial charge in [-0.2, -0.15) is 0 Å². The van der Waals surface area contributed by atoms with Gasteiger partial charge in [-0.15, -0.1) is 0 Å². The number of carbonyl (C=O) groups excluding carboxylic acids is 2. The standard InChI is InChI=1S/C23H23NO4/c1-2-27-23(26)19-12-18(19)15-24(14-16-8-4-3-5-9-16)22(25)21-13-17-10-6-7-11-20(17)28-21/h3-11,13,18-19H,2,12,14-15H2,1H3/t18-,19-/m0/s1. The Kier molecular flexibility index (Phi) is 5.15. The zero-order valence-corrected chi connectivity index (χ0v) is 15.8. The summed E-state index contributed by atoms with van der Waals surface area (Å²) in [7, 11) is 0. The summed E-state index contributed by atoms with van der Waals surface area (Å²) in [5.41, 5.74) is 1.74. The average Bonchev–Trinajstić information content (AvgIpc) is 3.35. The minimum absolute atomic E-state index is 0.110. The van der Waals surface area contributed by atoms with E-state index in [9.17, 15) is 9.59 Å². The van der Waals surface area contributed by atoms with Crippen molar-refractivity contribution in [2.24, 2.45) is 11.8 Å². The lowest BCUT2D eigenvalue weighted by Gasteiger charge is -2.22. The van der Waals surface area contributed by atoms with E-state index >= 15 is 0 Å². The molecule has 2 aromatic carbocycles. The maximum absolute atomic E-state index is 13.2. The second kappa shape index (κ2) is 7.89. The molecule has 144 valence electrons. The molecule has 2 atom stereocenters. The van der Waals surface area contributed by atoms with Gasteiger partial charge in [0, 0.05) is 18.5 Å². The number of benzene rings is 2. The predicted molar refractivity (Wildman–Crippen MR) is 106 cm³/mol. The molecule has 0 saturated heterocycles. The molecule has 0 N–H and O–H groups in total. The summed E-state index contributed by atoms with van der Waals surface area (Å²) in [5, 5.41) is 0.904. The molecule has 0 spiro atoms. The summed E-state index contributed by atoms with van der Waals surface area (Å²) < 4.78 is 10.9. The summed E-state index contributed by atoms with van der Waals surface area (Å²) in [5.74, 6) is 0.0289. The first-order valence-corrected chi connectivity index (χ1v) is 9.64. The molecule has 1 aliphatic rings. The minimum atomic E-state index is -0.164. The molecule has 0 radical (unpaired) electrons. The van der Waals surface area contributed by atoms with E-state index in [0.29, 0.717) is 31.0 Å². The molecule has 0 bridgehead atoms. The zero-order valence-electron chi connectivity index (χ0n) is 15.8. The normalized spacial score (nSPS) is 18.0. The van der Waals surface area contributed by atoms with E-state index < -0.39 is 0 Å². The summed E-state index contributed by atoms with van der Waals surface area (Å²) in [6.07, 6.45) is 0.761. The van der Waals surface area contributed by atoms with E-state index in [2.05, 4.69) is 0 Å². The van der Waals surface area contributed by atoms with Gasteiger partial charge in [0.25, 0.3) is 5.91 Å². The summed E-state index contributed by atoms with van der Waals surface area (Å²) in [6.45, 7) is 3.17. The topological polar surface area (TPSA) is 59.8 Å². The van der Waals surface area contributed by atoms with E-state index in [0.717, 1.165) is 17.4 Å². The van der Waals surface area contributed by atoms with Crippen molar-refractivity contribution in [2.75, 3.05) is 13.2 Å². The van der Waals surface area contributed by atoms with Crippen molar-refractivity contribution in [3.63, 3.8) is 0 Å². The molecule has 1 aromatic heterocycles. The Hall–Kier alpha value is -3.08. The van der Waals surface area contributed by atoms with Crippen LogP contribution in [0.25, 0.3) is 11.0 Å². The van der Waals surface area contributed by atoms with Gasteiger partial charge in [-0.3, -0.25) is 9.59 Å². The number of amides is 1. The molecule has 1 heterocycles. The highest BCUT2D eigenvalue weighted by Crippen LogP contribution is 2.40. The van der Waals surface area contributed by atoms with Crippen LogP contribution < -0.4 is 0 Å². The first-order valence-electron chi connectivity index (χ1n) is 9.64. The fourth-order valence-electron chi connectivity index (χ4n) is 3.54. The Balaban J connectivity index is 1.54. The van der Waals surface area contributed by atoms with Crippen molar-refractivity contribution in [1.29, 1.82) is 0 Å². The van der Waals surface area contributed by atoms with Crippen LogP contribution in [0, 0.1) is 11.8 Å². The Labute approximate surface area is 163 Å². The van der Waals surface area contributed by atoms with Crippen molar-refractivity contribution in [1.82, 2.24) is 4.90 Å². The second-order valence-corrected chi connectivity index (χ2v) is 7.17. The van der Waals surface area contributed by atoms with E-state index in [4.69, 9.17) is 9.15 Å². The third-order valence-corrected chi connectivity index (χ3v) is 5.11. The predicted octanol–water partition coefficient (Wildman–Crippen LogP) is 4.27. The lowest BCUT2D eigenvalue weighted by Crippen LogP contribution is -2.33. The molecule has 28 heavy (non-hydrogen) atoms. The molecular formula is C23H23NO4. The first kappa shape index (κ1) is 18.3. The maximum atomic E-state index is 13.2. The molecular weight excluding hydrogens is 354 g/mol. The fourth-order valence-corrected chi connectivity index (χ4v) is 3.54. The number of furan rings is 1. The van der Waals surface area contributed by atoms with Gasteiger partial charge in [-0.25, -0.2) is 0 Å². The van der Waals surface area contributed by atoms with Crippen LogP contribution in [0.1, 0.15) is 29.5 Å². The van der Waals surface area contributed by atoms with Gasteiger partial charge in [0.2, 0.25) is 0 Å². The number of para-hydroxylation sites is 1. The molecule has 0 aliphatic heterocycles. The van der Waals surface area contributed by atoms with Crippen LogP contribution in [0.5, 0.6) is 0 Å². The third-order valence-electron chi connectivity index (χ3n) is 5.11. The van der Waals surface area contributed by atoms with Gasteiger partial charge in [0.05, 0.1) is 12.5 Å². The molecule has 5 nitrogen and oxygen atoms in total. The number of ether oxygens (including phenoxy) is 1.